The number of carbonyl (C=O) groups is 2. The fraction of sp³-hybridized carbons (Fsp3) is 0.263. The SMILES string of the molecule is Cn1cc(C(=O)OCC(=O)N2CCc3sccc3C2)c2ccccc21. The standard InChI is InChI=1S/C19H18N2O3S/c1-20-11-15(14-4-2-3-5-16(14)20)19(23)24-12-18(22)21-8-6-17-13(10-21)7-9-25-17/h2-5,7,9,11H,6,8,10,12H2,1H3. The van der Waals surface area contributed by atoms with Crippen molar-refractivity contribution in [3.63, 3.8) is 0 Å². The Hall–Kier alpha value is -2.60. The van der Waals surface area contributed by atoms with Gasteiger partial charge in [0.1, 0.15) is 0 Å². The van der Waals surface area contributed by atoms with Crippen LogP contribution in [0.2, 0.25) is 0 Å². The van der Waals surface area contributed by atoms with Gasteiger partial charge in [0.25, 0.3) is 5.91 Å². The Morgan fingerprint density at radius 3 is 2.96 bits per heavy atom. The lowest BCUT2D eigenvalue weighted by Crippen LogP contribution is -2.38. The van der Waals surface area contributed by atoms with Gasteiger partial charge in [-0.1, -0.05) is 18.2 Å². The third-order valence-corrected chi connectivity index (χ3v) is 5.63. The van der Waals surface area contributed by atoms with Gasteiger partial charge >= 0.3 is 5.97 Å². The van der Waals surface area contributed by atoms with E-state index in [2.05, 4.69) is 11.4 Å². The summed E-state index contributed by atoms with van der Waals surface area (Å²) in [6.07, 6.45) is 2.62. The van der Waals surface area contributed by atoms with Gasteiger partial charge in [-0.15, -0.1) is 11.3 Å². The summed E-state index contributed by atoms with van der Waals surface area (Å²) < 4.78 is 7.18. The number of fused-ring (bicyclic) bond motifs is 2. The molecule has 0 saturated carbocycles. The Bertz CT molecular complexity index is 957. The second kappa shape index (κ2) is 6.37. The quantitative estimate of drug-likeness (QED) is 0.680. The predicted octanol–water partition coefficient (Wildman–Crippen LogP) is 2.98. The molecule has 0 spiro atoms. The summed E-state index contributed by atoms with van der Waals surface area (Å²) in [6.45, 7) is 1.06. The van der Waals surface area contributed by atoms with Gasteiger partial charge in [0.2, 0.25) is 0 Å². The van der Waals surface area contributed by atoms with Crippen molar-refractivity contribution >= 4 is 34.1 Å². The number of carbonyl (C=O) groups excluding carboxylic acids is 2. The van der Waals surface area contributed by atoms with Gasteiger partial charge in [0, 0.05) is 42.1 Å². The zero-order valence-electron chi connectivity index (χ0n) is 13.9. The largest absolute Gasteiger partial charge is 0.452 e. The first-order valence-electron chi connectivity index (χ1n) is 8.17. The minimum absolute atomic E-state index is 0.148. The summed E-state index contributed by atoms with van der Waals surface area (Å²) in [5.41, 5.74) is 2.65. The highest BCUT2D eigenvalue weighted by Crippen LogP contribution is 2.24. The summed E-state index contributed by atoms with van der Waals surface area (Å²) in [4.78, 5) is 27.9. The molecule has 1 aliphatic heterocycles. The van der Waals surface area contributed by atoms with Gasteiger partial charge in [-0.25, -0.2) is 4.79 Å². The van der Waals surface area contributed by atoms with Crippen molar-refractivity contribution in [2.24, 2.45) is 7.05 Å². The Morgan fingerprint density at radius 2 is 2.08 bits per heavy atom. The van der Waals surface area contributed by atoms with E-state index >= 15 is 0 Å². The molecule has 0 N–H and O–H groups in total. The number of thiophene rings is 1. The van der Waals surface area contributed by atoms with Gasteiger partial charge < -0.3 is 14.2 Å². The lowest BCUT2D eigenvalue weighted by molar-refractivity contribution is -0.135. The third kappa shape index (κ3) is 2.93. The monoisotopic (exact) mass is 354 g/mol. The summed E-state index contributed by atoms with van der Waals surface area (Å²) in [6, 6.07) is 9.70. The average Bonchev–Trinajstić information content (AvgIpc) is 3.23. The molecule has 5 nitrogen and oxygen atoms in total. The Kier molecular flexibility index (Phi) is 4.05. The van der Waals surface area contributed by atoms with Gasteiger partial charge in [-0.2, -0.15) is 0 Å². The fourth-order valence-electron chi connectivity index (χ4n) is 3.26. The van der Waals surface area contributed by atoms with E-state index in [1.54, 1.807) is 22.4 Å². The molecule has 4 rings (SSSR count). The molecule has 0 fully saturated rings. The number of aryl methyl sites for hydroxylation is 1. The van der Waals surface area contributed by atoms with Crippen LogP contribution in [-0.2, 0) is 29.5 Å². The van der Waals surface area contributed by atoms with E-state index in [9.17, 15) is 9.59 Å². The molecule has 2 aromatic heterocycles. The smallest absolute Gasteiger partial charge is 0.340 e. The summed E-state index contributed by atoms with van der Waals surface area (Å²) in [7, 11) is 1.89. The zero-order chi connectivity index (χ0) is 17.4. The van der Waals surface area contributed by atoms with Crippen LogP contribution in [0.1, 0.15) is 20.8 Å². The van der Waals surface area contributed by atoms with Crippen molar-refractivity contribution in [1.29, 1.82) is 0 Å². The minimum atomic E-state index is -0.460. The van der Waals surface area contributed by atoms with E-state index < -0.39 is 5.97 Å². The third-order valence-electron chi connectivity index (χ3n) is 4.60. The van der Waals surface area contributed by atoms with Crippen molar-refractivity contribution in [1.82, 2.24) is 9.47 Å². The number of hydrogen-bond donors (Lipinski definition) is 0. The summed E-state index contributed by atoms with van der Waals surface area (Å²) in [5, 5.41) is 2.89. The molecule has 1 aliphatic rings. The van der Waals surface area contributed by atoms with Crippen LogP contribution < -0.4 is 0 Å². The maximum absolute atomic E-state index is 12.4. The van der Waals surface area contributed by atoms with Gasteiger partial charge in [0.05, 0.1) is 5.56 Å². The molecule has 3 aromatic rings. The van der Waals surface area contributed by atoms with E-state index in [-0.39, 0.29) is 12.5 Å². The second-order valence-corrected chi connectivity index (χ2v) is 7.18. The molecule has 0 saturated heterocycles. The number of nitrogens with zero attached hydrogens (tertiary/aromatic N) is 2. The molecule has 0 bridgehead atoms. The van der Waals surface area contributed by atoms with Crippen molar-refractivity contribution in [2.45, 2.75) is 13.0 Å². The highest BCUT2D eigenvalue weighted by molar-refractivity contribution is 7.10. The van der Waals surface area contributed by atoms with Crippen LogP contribution in [0.15, 0.2) is 41.9 Å². The number of ether oxygens (including phenoxy) is 1. The fourth-order valence-corrected chi connectivity index (χ4v) is 4.15. The maximum Gasteiger partial charge on any atom is 0.340 e. The number of rotatable bonds is 3. The van der Waals surface area contributed by atoms with Gasteiger partial charge in [0.15, 0.2) is 6.61 Å². The average molecular weight is 354 g/mol. The van der Waals surface area contributed by atoms with Gasteiger partial charge in [-0.3, -0.25) is 4.79 Å². The molecule has 0 atom stereocenters. The highest BCUT2D eigenvalue weighted by atomic mass is 32.1. The first-order valence-corrected chi connectivity index (χ1v) is 9.05. The molecule has 128 valence electrons. The van der Waals surface area contributed by atoms with Crippen molar-refractivity contribution in [3.05, 3.63) is 57.9 Å². The van der Waals surface area contributed by atoms with Crippen molar-refractivity contribution in [3.8, 4) is 0 Å². The molecule has 6 heteroatoms. The predicted molar refractivity (Wildman–Crippen MR) is 96.6 cm³/mol. The molecule has 1 amide bonds. The van der Waals surface area contributed by atoms with Crippen molar-refractivity contribution < 1.29 is 14.3 Å². The number of para-hydroxylation sites is 1. The normalized spacial score (nSPS) is 13.7. The van der Waals surface area contributed by atoms with Crippen LogP contribution in [0.4, 0.5) is 0 Å². The lowest BCUT2D eigenvalue weighted by atomic mass is 10.1. The highest BCUT2D eigenvalue weighted by Gasteiger charge is 2.23. The van der Waals surface area contributed by atoms with Crippen LogP contribution in [0.5, 0.6) is 0 Å². The Labute approximate surface area is 149 Å². The molecule has 0 unspecified atom stereocenters. The molecular weight excluding hydrogens is 336 g/mol. The van der Waals surface area contributed by atoms with Crippen LogP contribution in [-0.4, -0.2) is 34.5 Å². The van der Waals surface area contributed by atoms with E-state index in [1.165, 1.54) is 10.4 Å². The number of aromatic nitrogens is 1. The first-order chi connectivity index (χ1) is 12.1. The van der Waals surface area contributed by atoms with Crippen LogP contribution >= 0.6 is 11.3 Å². The number of hydrogen-bond acceptors (Lipinski definition) is 4. The minimum Gasteiger partial charge on any atom is -0.452 e. The van der Waals surface area contributed by atoms with E-state index in [1.807, 2.05) is 35.9 Å². The van der Waals surface area contributed by atoms with E-state index in [0.29, 0.717) is 18.7 Å². The molecule has 0 aliphatic carbocycles. The molecular formula is C19H18N2O3S. The summed E-state index contributed by atoms with van der Waals surface area (Å²) in [5.74, 6) is -0.608. The number of benzene rings is 1. The number of esters is 1. The lowest BCUT2D eigenvalue weighted by Gasteiger charge is -2.26. The number of amides is 1. The Morgan fingerprint density at radius 1 is 1.24 bits per heavy atom. The van der Waals surface area contributed by atoms with Gasteiger partial charge in [-0.05, 0) is 29.5 Å². The molecule has 25 heavy (non-hydrogen) atoms. The first kappa shape index (κ1) is 15.9. The van der Waals surface area contributed by atoms with Crippen molar-refractivity contribution in [2.75, 3.05) is 13.2 Å². The van der Waals surface area contributed by atoms with Crippen LogP contribution in [0, 0.1) is 0 Å². The maximum atomic E-state index is 12.4. The second-order valence-electron chi connectivity index (χ2n) is 6.18. The summed E-state index contributed by atoms with van der Waals surface area (Å²) >= 11 is 1.73. The van der Waals surface area contributed by atoms with Crippen LogP contribution in [0.3, 0.4) is 0 Å². The molecule has 0 radical (unpaired) electrons. The molecule has 3 heterocycles. The zero-order valence-corrected chi connectivity index (χ0v) is 14.7. The topological polar surface area (TPSA) is 51.5 Å². The molecule has 1 aromatic carbocycles. The van der Waals surface area contributed by atoms with Crippen LogP contribution in [0.25, 0.3) is 10.9 Å². The van der Waals surface area contributed by atoms with E-state index in [4.69, 9.17) is 4.74 Å². The van der Waals surface area contributed by atoms with E-state index in [0.717, 1.165) is 17.3 Å². The Balaban J connectivity index is 1.42.